The van der Waals surface area contributed by atoms with Gasteiger partial charge in [-0.2, -0.15) is 4.98 Å². The van der Waals surface area contributed by atoms with Crippen LogP contribution in [-0.4, -0.2) is 16.5 Å². The van der Waals surface area contributed by atoms with E-state index in [0.717, 1.165) is 23.8 Å². The average molecular weight is 326 g/mol. The summed E-state index contributed by atoms with van der Waals surface area (Å²) in [5.41, 5.74) is 1.61. The molecule has 4 nitrogen and oxygen atoms in total. The summed E-state index contributed by atoms with van der Waals surface area (Å²) in [5.74, 6) is -0.285. The van der Waals surface area contributed by atoms with Crippen molar-refractivity contribution in [3.63, 3.8) is 0 Å². The number of hydrogen-bond acceptors (Lipinski definition) is 4. The number of anilines is 3. The van der Waals surface area contributed by atoms with Crippen molar-refractivity contribution in [3.8, 4) is 11.3 Å². The van der Waals surface area contributed by atoms with E-state index in [4.69, 9.17) is 0 Å². The molecule has 3 aromatic rings. The minimum Gasteiger partial charge on any atom is -0.354 e. The molecular formula is C18H16F2N4. The maximum Gasteiger partial charge on any atom is 0.225 e. The molecule has 3 rings (SSSR count). The minimum atomic E-state index is -0.554. The summed E-state index contributed by atoms with van der Waals surface area (Å²) < 4.78 is 27.2. The third-order valence-electron chi connectivity index (χ3n) is 3.32. The number of aromatic nitrogens is 2. The second-order valence-corrected chi connectivity index (χ2v) is 5.11. The Balaban J connectivity index is 2.00. The van der Waals surface area contributed by atoms with Gasteiger partial charge in [0.05, 0.1) is 11.4 Å². The van der Waals surface area contributed by atoms with Gasteiger partial charge in [0.25, 0.3) is 0 Å². The van der Waals surface area contributed by atoms with Crippen LogP contribution in [0, 0.1) is 11.6 Å². The predicted octanol–water partition coefficient (Wildman–Crippen LogP) is 4.60. The molecule has 0 unspecified atom stereocenters. The quantitative estimate of drug-likeness (QED) is 0.719. The molecule has 0 spiro atoms. The Labute approximate surface area is 138 Å². The molecule has 0 aliphatic rings. The Morgan fingerprint density at radius 2 is 1.75 bits per heavy atom. The van der Waals surface area contributed by atoms with Gasteiger partial charge in [0, 0.05) is 24.2 Å². The minimum absolute atomic E-state index is 0.0233. The second-order valence-electron chi connectivity index (χ2n) is 5.11. The highest BCUT2D eigenvalue weighted by molar-refractivity contribution is 5.67. The van der Waals surface area contributed by atoms with Crippen LogP contribution in [0.2, 0.25) is 0 Å². The number of hydrogen-bond donors (Lipinski definition) is 2. The molecule has 0 aliphatic carbocycles. The van der Waals surface area contributed by atoms with Crippen LogP contribution in [0.1, 0.15) is 6.92 Å². The van der Waals surface area contributed by atoms with E-state index in [-0.39, 0.29) is 5.69 Å². The third kappa shape index (κ3) is 3.65. The normalized spacial score (nSPS) is 10.5. The number of nitrogens with one attached hydrogen (secondary N) is 2. The molecule has 1 heterocycles. The molecule has 0 amide bonds. The van der Waals surface area contributed by atoms with E-state index in [1.165, 1.54) is 0 Å². The Bertz CT molecular complexity index is 838. The van der Waals surface area contributed by atoms with E-state index < -0.39 is 11.6 Å². The average Bonchev–Trinajstić information content (AvgIpc) is 2.59. The molecule has 0 saturated heterocycles. The molecule has 0 fully saturated rings. The molecule has 2 aromatic carbocycles. The summed E-state index contributed by atoms with van der Waals surface area (Å²) in [6.07, 6.45) is 0. The first-order valence-electron chi connectivity index (χ1n) is 7.56. The fourth-order valence-electron chi connectivity index (χ4n) is 2.24. The van der Waals surface area contributed by atoms with Crippen LogP contribution in [0.25, 0.3) is 11.3 Å². The monoisotopic (exact) mass is 326 g/mol. The maximum atomic E-state index is 13.8. The van der Waals surface area contributed by atoms with E-state index in [1.807, 2.05) is 37.3 Å². The number of halogens is 2. The molecule has 24 heavy (non-hydrogen) atoms. The lowest BCUT2D eigenvalue weighted by Crippen LogP contribution is -2.06. The van der Waals surface area contributed by atoms with Crippen LogP contribution in [0.4, 0.5) is 26.2 Å². The Kier molecular flexibility index (Phi) is 4.65. The maximum absolute atomic E-state index is 13.8. The van der Waals surface area contributed by atoms with Gasteiger partial charge in [-0.05, 0) is 19.1 Å². The van der Waals surface area contributed by atoms with Crippen LogP contribution in [-0.2, 0) is 0 Å². The van der Waals surface area contributed by atoms with Gasteiger partial charge in [0.1, 0.15) is 17.5 Å². The van der Waals surface area contributed by atoms with Crippen molar-refractivity contribution in [3.05, 3.63) is 66.2 Å². The van der Waals surface area contributed by atoms with E-state index in [1.54, 1.807) is 6.07 Å². The van der Waals surface area contributed by atoms with Gasteiger partial charge in [-0.15, -0.1) is 0 Å². The molecule has 0 bridgehead atoms. The number of nitrogens with zero attached hydrogens (tertiary/aromatic N) is 2. The molecule has 2 N–H and O–H groups in total. The van der Waals surface area contributed by atoms with E-state index in [0.29, 0.717) is 24.0 Å². The molecule has 122 valence electrons. The van der Waals surface area contributed by atoms with Crippen LogP contribution in [0.5, 0.6) is 0 Å². The second kappa shape index (κ2) is 7.04. The Hall–Kier alpha value is -3.02. The molecular weight excluding hydrogens is 310 g/mol. The summed E-state index contributed by atoms with van der Waals surface area (Å²) in [6.45, 7) is 2.57. The molecule has 0 radical (unpaired) electrons. The zero-order valence-electron chi connectivity index (χ0n) is 13.1. The highest BCUT2D eigenvalue weighted by Crippen LogP contribution is 2.25. The van der Waals surface area contributed by atoms with Crippen LogP contribution in [0.15, 0.2) is 54.6 Å². The third-order valence-corrected chi connectivity index (χ3v) is 3.32. The van der Waals surface area contributed by atoms with Gasteiger partial charge < -0.3 is 10.6 Å². The molecule has 6 heteroatoms. The van der Waals surface area contributed by atoms with Crippen molar-refractivity contribution in [2.24, 2.45) is 0 Å². The SMILES string of the molecule is CCNc1nc(Nc2cc(F)ccc2F)cc(-c2ccccc2)n1. The highest BCUT2D eigenvalue weighted by Gasteiger charge is 2.09. The number of benzene rings is 2. The van der Waals surface area contributed by atoms with Gasteiger partial charge in [0.15, 0.2) is 0 Å². The zero-order chi connectivity index (χ0) is 16.9. The van der Waals surface area contributed by atoms with Crippen molar-refractivity contribution in [2.75, 3.05) is 17.2 Å². The smallest absolute Gasteiger partial charge is 0.225 e. The Morgan fingerprint density at radius 1 is 0.958 bits per heavy atom. The molecule has 1 aromatic heterocycles. The van der Waals surface area contributed by atoms with Crippen LogP contribution < -0.4 is 10.6 Å². The summed E-state index contributed by atoms with van der Waals surface area (Å²) in [5, 5.41) is 5.86. The summed E-state index contributed by atoms with van der Waals surface area (Å²) in [7, 11) is 0. The van der Waals surface area contributed by atoms with E-state index in [9.17, 15) is 8.78 Å². The lowest BCUT2D eigenvalue weighted by molar-refractivity contribution is 0.603. The molecule has 0 aliphatic heterocycles. The largest absolute Gasteiger partial charge is 0.354 e. The van der Waals surface area contributed by atoms with Gasteiger partial charge in [-0.3, -0.25) is 0 Å². The fraction of sp³-hybridized carbons (Fsp3) is 0.111. The predicted molar refractivity (Wildman–Crippen MR) is 91.3 cm³/mol. The van der Waals surface area contributed by atoms with Crippen molar-refractivity contribution in [1.82, 2.24) is 9.97 Å². The lowest BCUT2D eigenvalue weighted by atomic mass is 10.1. The van der Waals surface area contributed by atoms with E-state index in [2.05, 4.69) is 20.6 Å². The highest BCUT2D eigenvalue weighted by atomic mass is 19.1. The first-order valence-corrected chi connectivity index (χ1v) is 7.56. The van der Waals surface area contributed by atoms with E-state index >= 15 is 0 Å². The Morgan fingerprint density at radius 3 is 2.50 bits per heavy atom. The van der Waals surface area contributed by atoms with Crippen molar-refractivity contribution < 1.29 is 8.78 Å². The van der Waals surface area contributed by atoms with Gasteiger partial charge in [-0.25, -0.2) is 13.8 Å². The summed E-state index contributed by atoms with van der Waals surface area (Å²) in [4.78, 5) is 8.74. The van der Waals surface area contributed by atoms with Gasteiger partial charge in [0.2, 0.25) is 5.95 Å². The fourth-order valence-corrected chi connectivity index (χ4v) is 2.24. The van der Waals surface area contributed by atoms with Crippen molar-refractivity contribution in [2.45, 2.75) is 6.92 Å². The molecule has 0 atom stereocenters. The van der Waals surface area contributed by atoms with Crippen LogP contribution in [0.3, 0.4) is 0 Å². The first kappa shape index (κ1) is 15.9. The number of rotatable bonds is 5. The standard InChI is InChI=1S/C18H16F2N4/c1-2-21-18-23-15(12-6-4-3-5-7-12)11-17(24-18)22-16-10-13(19)8-9-14(16)20/h3-11H,2H2,1H3,(H2,21,22,23,24). The first-order chi connectivity index (χ1) is 11.7. The van der Waals surface area contributed by atoms with Gasteiger partial charge in [-0.1, -0.05) is 30.3 Å². The lowest BCUT2D eigenvalue weighted by Gasteiger charge is -2.11. The van der Waals surface area contributed by atoms with Gasteiger partial charge >= 0.3 is 0 Å². The van der Waals surface area contributed by atoms with Crippen molar-refractivity contribution >= 4 is 17.5 Å². The molecule has 0 saturated carbocycles. The summed E-state index contributed by atoms with van der Waals surface area (Å²) >= 11 is 0. The summed E-state index contributed by atoms with van der Waals surface area (Å²) in [6, 6.07) is 14.5. The zero-order valence-corrected chi connectivity index (χ0v) is 13.1. The van der Waals surface area contributed by atoms with Crippen LogP contribution >= 0.6 is 0 Å². The topological polar surface area (TPSA) is 49.8 Å². The van der Waals surface area contributed by atoms with Crippen molar-refractivity contribution in [1.29, 1.82) is 0 Å².